The van der Waals surface area contributed by atoms with Crippen LogP contribution in [0.25, 0.3) is 0 Å². The van der Waals surface area contributed by atoms with Crippen LogP contribution in [0.2, 0.25) is 0 Å². The second-order valence-electron chi connectivity index (χ2n) is 23.4. The summed E-state index contributed by atoms with van der Waals surface area (Å²) in [4.78, 5) is 118. The smallest absolute Gasteiger partial charge is 0.326 e. The van der Waals surface area contributed by atoms with Gasteiger partial charge in [0.1, 0.15) is 12.1 Å². The van der Waals surface area contributed by atoms with Crippen molar-refractivity contribution < 1.29 is 116 Å². The number of nitrogens with one attached hydrogen (secondary N) is 5. The molecule has 1 saturated heterocycles. The highest BCUT2D eigenvalue weighted by molar-refractivity contribution is 14.1. The third kappa shape index (κ3) is 55.7. The quantitative estimate of drug-likeness (QED) is 0.0269. The zero-order chi connectivity index (χ0) is 73.6. The summed E-state index contributed by atoms with van der Waals surface area (Å²) in [6.07, 6.45) is 4.56. The molecule has 0 saturated carbocycles. The van der Waals surface area contributed by atoms with E-state index >= 15 is 0 Å². The van der Waals surface area contributed by atoms with Crippen molar-refractivity contribution in [1.29, 1.82) is 0 Å². The van der Waals surface area contributed by atoms with Gasteiger partial charge in [0.2, 0.25) is 29.5 Å². The molecule has 0 radical (unpaired) electrons. The average molecular weight is 1560 g/mol. The van der Waals surface area contributed by atoms with Gasteiger partial charge in [0.25, 0.3) is 0 Å². The van der Waals surface area contributed by atoms with E-state index in [-0.39, 0.29) is 175 Å². The van der Waals surface area contributed by atoms with Gasteiger partial charge in [-0.3, -0.25) is 58.0 Å². The van der Waals surface area contributed by atoms with Gasteiger partial charge in [-0.1, -0.05) is 12.1 Å². The molecule has 34 nitrogen and oxygen atoms in total. The number of nitrogens with zero attached hydrogens (tertiary/aromatic N) is 4. The highest BCUT2D eigenvalue weighted by Crippen LogP contribution is 2.11. The zero-order valence-electron chi connectivity index (χ0n) is 58.8. The van der Waals surface area contributed by atoms with Gasteiger partial charge in [-0.05, 0) is 91.7 Å². The number of aryl methyl sites for hydroxylation is 1. The molecule has 1 aromatic carbocycles. The molecule has 2 unspecified atom stereocenters. The van der Waals surface area contributed by atoms with Crippen LogP contribution in [-0.4, -0.2) is 356 Å². The van der Waals surface area contributed by atoms with Crippen LogP contribution in [0.3, 0.4) is 0 Å². The highest BCUT2D eigenvalue weighted by Gasteiger charge is 2.24. The van der Waals surface area contributed by atoms with E-state index in [1.165, 1.54) is 5.56 Å². The molecule has 2 rings (SSSR count). The Kier molecular flexibility index (Phi) is 57.2. The van der Waals surface area contributed by atoms with Gasteiger partial charge in [-0.25, -0.2) is 4.79 Å². The second-order valence-corrected chi connectivity index (χ2v) is 24.6. The largest absolute Gasteiger partial charge is 0.480 e. The van der Waals surface area contributed by atoms with E-state index in [1.54, 1.807) is 14.7 Å². The van der Waals surface area contributed by atoms with Crippen molar-refractivity contribution in [2.24, 2.45) is 5.73 Å². The summed E-state index contributed by atoms with van der Waals surface area (Å²) in [6.45, 7) is 9.44. The molecule has 11 N–H and O–H groups in total. The van der Waals surface area contributed by atoms with Crippen molar-refractivity contribution in [3.05, 3.63) is 33.4 Å². The van der Waals surface area contributed by atoms with Gasteiger partial charge in [0.15, 0.2) is 0 Å². The summed E-state index contributed by atoms with van der Waals surface area (Å²) < 4.78 is 61.7. The number of aliphatic carboxylic acids is 4. The molecule has 2 atom stereocenters. The summed E-state index contributed by atoms with van der Waals surface area (Å²) >= 11 is 2.25. The maximum Gasteiger partial charge on any atom is 0.326 e. The molecule has 580 valence electrons. The van der Waals surface area contributed by atoms with Gasteiger partial charge >= 0.3 is 23.9 Å². The monoisotopic (exact) mass is 1560 g/mol. The second kappa shape index (κ2) is 63.1. The lowest BCUT2D eigenvalue weighted by atomic mass is 10.1. The number of carboxylic acids is 4. The molecule has 35 heteroatoms. The first-order valence-electron chi connectivity index (χ1n) is 34.9. The van der Waals surface area contributed by atoms with E-state index in [0.717, 1.165) is 16.4 Å². The van der Waals surface area contributed by atoms with Crippen LogP contribution in [0.4, 0.5) is 0 Å². The minimum absolute atomic E-state index is 0.000294. The van der Waals surface area contributed by atoms with E-state index < -0.39 is 47.8 Å². The first kappa shape index (κ1) is 91.6. The lowest BCUT2D eigenvalue weighted by molar-refractivity contribution is -0.142. The van der Waals surface area contributed by atoms with E-state index in [2.05, 4.69) is 61.3 Å². The Morgan fingerprint density at radius 1 is 0.376 bits per heavy atom. The fraction of sp³-hybridized carbons (Fsp3) is 0.773. The van der Waals surface area contributed by atoms with Crippen LogP contribution in [0.5, 0.6) is 0 Å². The normalized spacial score (nSPS) is 14.3. The third-order valence-corrected chi connectivity index (χ3v) is 15.7. The number of nitrogens with two attached hydrogens (primary N) is 1. The fourth-order valence-corrected chi connectivity index (χ4v) is 10.0. The molecule has 0 spiro atoms. The molecule has 5 amide bonds. The number of carbonyl (C=O) groups is 9. The lowest BCUT2D eigenvalue weighted by Crippen LogP contribution is -2.49. The number of carboxylic acid groups (broad SMARTS) is 4. The first-order chi connectivity index (χ1) is 48.9. The zero-order valence-corrected chi connectivity index (χ0v) is 61.0. The van der Waals surface area contributed by atoms with E-state index in [1.807, 2.05) is 17.0 Å². The Labute approximate surface area is 607 Å². The molecule has 1 aliphatic heterocycles. The molecule has 0 bridgehead atoms. The molecule has 1 aromatic rings. The number of carbonyl (C=O) groups excluding carboxylic acids is 5. The standard InChI is InChI=1S/C66H115IN10O24/c67-55-12-10-54(11-13-55)6-5-9-58(78)69-17-4-2-8-57(66(89)90)73-60(80)15-29-92-33-37-96-40-42-98-44-46-100-48-49-101-47-45-99-43-41-97-39-35-94-31-19-71-65(88)56(72-59(79)14-28-91-32-36-95-38-34-93-30-16-68)7-1-3-18-70-61(81)50-74-20-22-75(51-62(82)83)24-26-77(53-64(86)87)27-25-76(23-21-74)52-63(84)85/h10-13,56-57H,1-9,14-53,68H2,(H,69,78)(H,70,81)(H,71,88)(H,72,79)(H,73,80)(H,82,83)(H,84,85)(H,86,87)(H,89,90). The Bertz CT molecular complexity index is 2350. The Morgan fingerprint density at radius 2 is 0.713 bits per heavy atom. The molecule has 1 heterocycles. The van der Waals surface area contributed by atoms with Crippen LogP contribution < -0.4 is 32.3 Å². The van der Waals surface area contributed by atoms with Crippen molar-refractivity contribution in [2.75, 3.05) is 250 Å². The van der Waals surface area contributed by atoms with Crippen molar-refractivity contribution in [2.45, 2.75) is 82.7 Å². The molecule has 0 aromatic heterocycles. The Hall–Kier alpha value is -5.46. The summed E-state index contributed by atoms with van der Waals surface area (Å²) in [5.74, 6) is -5.84. The summed E-state index contributed by atoms with van der Waals surface area (Å²) in [6, 6.07) is 6.29. The number of ether oxygens (including phenoxy) is 11. The van der Waals surface area contributed by atoms with Gasteiger partial charge in [0, 0.05) is 101 Å². The minimum atomic E-state index is -1.11. The van der Waals surface area contributed by atoms with Crippen molar-refractivity contribution in [1.82, 2.24) is 46.2 Å². The third-order valence-electron chi connectivity index (χ3n) is 15.0. The molecule has 1 fully saturated rings. The molecular formula is C66H115IN10O24. The van der Waals surface area contributed by atoms with Gasteiger partial charge in [-0.15, -0.1) is 0 Å². The summed E-state index contributed by atoms with van der Waals surface area (Å²) in [5.41, 5.74) is 6.60. The highest BCUT2D eigenvalue weighted by atomic mass is 127. The van der Waals surface area contributed by atoms with E-state index in [0.29, 0.717) is 151 Å². The number of hydrogen-bond acceptors (Lipinski definition) is 25. The minimum Gasteiger partial charge on any atom is -0.480 e. The number of rotatable bonds is 64. The van der Waals surface area contributed by atoms with Crippen molar-refractivity contribution >= 4 is 76.0 Å². The molecule has 101 heavy (non-hydrogen) atoms. The number of unbranched alkanes of at least 4 members (excludes halogenated alkanes) is 2. The Balaban J connectivity index is 1.54. The van der Waals surface area contributed by atoms with Crippen LogP contribution in [0, 0.1) is 3.57 Å². The maximum absolute atomic E-state index is 13.4. The van der Waals surface area contributed by atoms with Crippen molar-refractivity contribution in [3.8, 4) is 0 Å². The number of benzene rings is 1. The SMILES string of the molecule is NCCOCCOCCOCCC(=O)NC(CCCCNC(=O)CN1CCN(CC(=O)O)CCN(CC(=O)O)CCN(CC(=O)O)CC1)C(=O)NCCOCCOCCOCCOCCOCCOCCOCCOCCC(=O)NC(CCCCNC(=O)CCCc1ccc(I)cc1)C(=O)O. The fourth-order valence-electron chi connectivity index (χ4n) is 9.66. The van der Waals surface area contributed by atoms with E-state index in [4.69, 9.17) is 57.8 Å². The predicted molar refractivity (Wildman–Crippen MR) is 376 cm³/mol. The first-order valence-corrected chi connectivity index (χ1v) is 36.0. The molecule has 0 aliphatic carbocycles. The number of hydrogen-bond donors (Lipinski definition) is 10. The Morgan fingerprint density at radius 3 is 1.09 bits per heavy atom. The van der Waals surface area contributed by atoms with Crippen molar-refractivity contribution in [3.63, 3.8) is 0 Å². The topological polar surface area (TPSA) is 435 Å². The number of amides is 5. The predicted octanol–water partition coefficient (Wildman–Crippen LogP) is -1.25. The van der Waals surface area contributed by atoms with Crippen LogP contribution in [0.15, 0.2) is 24.3 Å². The maximum atomic E-state index is 13.4. The summed E-state index contributed by atoms with van der Waals surface area (Å²) in [7, 11) is 0. The van der Waals surface area contributed by atoms with Gasteiger partial charge in [-0.2, -0.15) is 0 Å². The van der Waals surface area contributed by atoms with Gasteiger partial charge < -0.3 is 105 Å². The van der Waals surface area contributed by atoms with Crippen LogP contribution in [0.1, 0.15) is 69.8 Å². The number of halogens is 1. The van der Waals surface area contributed by atoms with Crippen LogP contribution >= 0.6 is 22.6 Å². The molecular weight excluding hydrogens is 1440 g/mol. The van der Waals surface area contributed by atoms with Gasteiger partial charge in [0.05, 0.1) is 172 Å². The summed E-state index contributed by atoms with van der Waals surface area (Å²) in [5, 5.41) is 52.0. The molecule has 1 aliphatic rings. The van der Waals surface area contributed by atoms with Crippen LogP contribution in [-0.2, 0) is 102 Å². The van der Waals surface area contributed by atoms with E-state index in [9.17, 15) is 63.6 Å². The lowest BCUT2D eigenvalue weighted by Gasteiger charge is -2.32. The average Bonchev–Trinajstić information content (AvgIpc) is 1.03.